The lowest BCUT2D eigenvalue weighted by Crippen LogP contribution is -2.56. The Kier molecular flexibility index (Phi) is 10.5. The van der Waals surface area contributed by atoms with Crippen LogP contribution in [0.4, 0.5) is 4.79 Å². The van der Waals surface area contributed by atoms with Crippen LogP contribution in [-0.2, 0) is 23.9 Å². The topological polar surface area (TPSA) is 165 Å². The second-order valence-corrected chi connectivity index (χ2v) is 11.8. The van der Waals surface area contributed by atoms with Crippen molar-refractivity contribution in [2.45, 2.75) is 84.5 Å². The van der Waals surface area contributed by atoms with Crippen LogP contribution in [0.2, 0.25) is 0 Å². The average molecular weight is 627 g/mol. The molecule has 45 heavy (non-hydrogen) atoms. The first-order valence-corrected chi connectivity index (χ1v) is 15.4. The number of benzene rings is 1. The monoisotopic (exact) mass is 626 g/mol. The first kappa shape index (κ1) is 33.5. The lowest BCUT2D eigenvalue weighted by atomic mass is 9.80. The van der Waals surface area contributed by atoms with Gasteiger partial charge in [0.2, 0.25) is 11.5 Å². The number of ether oxygens (including phenoxy) is 3. The number of piperazine rings is 1. The SMILES string of the molecule is CCOC(=O)N1CCN(C(=O)C(CCC(=O)OC(C)C)NC(=O)c2cc(OC3(C(=O)O)CCC3)c3cc(C)c(C)cc3n2)CC1. The second kappa shape index (κ2) is 14.1. The van der Waals surface area contributed by atoms with Crippen molar-refractivity contribution < 1.29 is 43.3 Å². The number of carbonyl (C=O) groups excluding carboxylic acids is 4. The van der Waals surface area contributed by atoms with Crippen LogP contribution in [0.1, 0.15) is 74.5 Å². The van der Waals surface area contributed by atoms with Crippen LogP contribution in [0, 0.1) is 13.8 Å². The highest BCUT2D eigenvalue weighted by Gasteiger charge is 2.47. The highest BCUT2D eigenvalue weighted by Crippen LogP contribution is 2.40. The van der Waals surface area contributed by atoms with Gasteiger partial charge < -0.3 is 34.4 Å². The number of carboxylic acids is 1. The molecule has 0 bridgehead atoms. The predicted octanol–water partition coefficient (Wildman–Crippen LogP) is 3.37. The van der Waals surface area contributed by atoms with Gasteiger partial charge in [0.25, 0.3) is 5.91 Å². The number of hydrogen-bond donors (Lipinski definition) is 2. The summed E-state index contributed by atoms with van der Waals surface area (Å²) in [4.78, 5) is 71.6. The predicted molar refractivity (Wildman–Crippen MR) is 163 cm³/mol. The highest BCUT2D eigenvalue weighted by atomic mass is 16.6. The van der Waals surface area contributed by atoms with E-state index in [0.717, 1.165) is 11.1 Å². The van der Waals surface area contributed by atoms with Gasteiger partial charge in [0.15, 0.2) is 0 Å². The summed E-state index contributed by atoms with van der Waals surface area (Å²) >= 11 is 0. The minimum Gasteiger partial charge on any atom is -0.478 e. The van der Waals surface area contributed by atoms with Gasteiger partial charge in [-0.05, 0) is 83.6 Å². The molecule has 3 amide bonds. The van der Waals surface area contributed by atoms with Crippen molar-refractivity contribution in [3.8, 4) is 5.75 Å². The van der Waals surface area contributed by atoms with Crippen molar-refractivity contribution in [3.05, 3.63) is 35.0 Å². The van der Waals surface area contributed by atoms with Gasteiger partial charge in [0, 0.05) is 44.1 Å². The number of fused-ring (bicyclic) bond motifs is 1. The highest BCUT2D eigenvalue weighted by molar-refractivity contribution is 6.00. The zero-order chi connectivity index (χ0) is 32.9. The number of aryl methyl sites for hydroxylation is 2. The molecule has 2 N–H and O–H groups in total. The number of amides is 3. The van der Waals surface area contributed by atoms with Crippen LogP contribution < -0.4 is 10.1 Å². The van der Waals surface area contributed by atoms with Gasteiger partial charge in [-0.3, -0.25) is 14.4 Å². The Morgan fingerprint density at radius 3 is 2.22 bits per heavy atom. The van der Waals surface area contributed by atoms with Crippen molar-refractivity contribution in [2.24, 2.45) is 0 Å². The van der Waals surface area contributed by atoms with Gasteiger partial charge in [-0.1, -0.05) is 0 Å². The number of carboxylic acid groups (broad SMARTS) is 1. The van der Waals surface area contributed by atoms with Crippen LogP contribution >= 0.6 is 0 Å². The maximum atomic E-state index is 13.7. The maximum Gasteiger partial charge on any atom is 0.409 e. The Bertz CT molecular complexity index is 1460. The summed E-state index contributed by atoms with van der Waals surface area (Å²) in [6, 6.07) is 3.97. The summed E-state index contributed by atoms with van der Waals surface area (Å²) in [5, 5.41) is 13.2. The fourth-order valence-electron chi connectivity index (χ4n) is 5.34. The van der Waals surface area contributed by atoms with Crippen molar-refractivity contribution in [2.75, 3.05) is 32.8 Å². The molecule has 1 aliphatic heterocycles. The second-order valence-electron chi connectivity index (χ2n) is 11.8. The van der Waals surface area contributed by atoms with E-state index in [9.17, 15) is 29.1 Å². The third-order valence-corrected chi connectivity index (χ3v) is 8.20. The van der Waals surface area contributed by atoms with Crippen LogP contribution in [0.5, 0.6) is 5.75 Å². The Labute approximate surface area is 262 Å². The molecule has 4 rings (SSSR count). The van der Waals surface area contributed by atoms with E-state index in [0.29, 0.717) is 30.2 Å². The smallest absolute Gasteiger partial charge is 0.409 e. The van der Waals surface area contributed by atoms with Gasteiger partial charge in [0.1, 0.15) is 17.5 Å². The summed E-state index contributed by atoms with van der Waals surface area (Å²) in [5.41, 5.74) is 0.872. The van der Waals surface area contributed by atoms with E-state index in [1.807, 2.05) is 19.9 Å². The molecule has 0 spiro atoms. The molecule has 1 saturated carbocycles. The van der Waals surface area contributed by atoms with Crippen molar-refractivity contribution in [3.63, 3.8) is 0 Å². The van der Waals surface area contributed by atoms with Gasteiger partial charge >= 0.3 is 18.0 Å². The van der Waals surface area contributed by atoms with Crippen LogP contribution in [0.15, 0.2) is 18.2 Å². The van der Waals surface area contributed by atoms with E-state index in [2.05, 4.69) is 10.3 Å². The van der Waals surface area contributed by atoms with Crippen molar-refractivity contribution in [1.29, 1.82) is 0 Å². The van der Waals surface area contributed by atoms with Gasteiger partial charge in [-0.15, -0.1) is 0 Å². The molecule has 1 unspecified atom stereocenters. The van der Waals surface area contributed by atoms with Gasteiger partial charge in [0.05, 0.1) is 18.2 Å². The van der Waals surface area contributed by atoms with E-state index >= 15 is 0 Å². The molecule has 13 nitrogen and oxygen atoms in total. The lowest BCUT2D eigenvalue weighted by molar-refractivity contribution is -0.163. The Balaban J connectivity index is 1.60. The molecule has 1 aromatic carbocycles. The molecule has 2 aliphatic rings. The number of nitrogens with one attached hydrogen (secondary N) is 1. The third-order valence-electron chi connectivity index (χ3n) is 8.20. The van der Waals surface area contributed by atoms with Crippen LogP contribution in [0.25, 0.3) is 10.9 Å². The number of pyridine rings is 1. The number of hydrogen-bond acceptors (Lipinski definition) is 9. The van der Waals surface area contributed by atoms with Crippen LogP contribution in [-0.4, -0.2) is 100 Å². The number of rotatable bonds is 11. The Morgan fingerprint density at radius 1 is 1.00 bits per heavy atom. The average Bonchev–Trinajstić information content (AvgIpc) is 2.96. The number of carbonyl (C=O) groups is 5. The molecule has 0 radical (unpaired) electrons. The summed E-state index contributed by atoms with van der Waals surface area (Å²) in [7, 11) is 0. The molecule has 2 heterocycles. The molecule has 1 saturated heterocycles. The largest absolute Gasteiger partial charge is 0.478 e. The standard InChI is InChI=1S/C32H42N4O9/c1-6-43-31(42)36-14-12-35(13-15-36)29(39)23(8-9-27(37)44-19(2)3)34-28(38)25-18-26(45-32(30(40)41)10-7-11-32)22-16-20(4)21(5)17-24(22)33-25/h16-19,23H,6-15H2,1-5H3,(H,34,38)(H,40,41). The minimum atomic E-state index is -1.39. The first-order chi connectivity index (χ1) is 21.3. The van der Waals surface area contributed by atoms with Crippen LogP contribution in [0.3, 0.4) is 0 Å². The number of esters is 1. The summed E-state index contributed by atoms with van der Waals surface area (Å²) in [5.74, 6) is -2.45. The Hall–Kier alpha value is -4.42. The summed E-state index contributed by atoms with van der Waals surface area (Å²) in [6.45, 7) is 10.2. The molecular weight excluding hydrogens is 584 g/mol. The van der Waals surface area contributed by atoms with Crippen molar-refractivity contribution >= 4 is 40.7 Å². The third kappa shape index (κ3) is 7.81. The lowest BCUT2D eigenvalue weighted by Gasteiger charge is -2.38. The number of aliphatic carboxylic acids is 1. The molecular formula is C32H42N4O9. The molecule has 2 fully saturated rings. The zero-order valence-corrected chi connectivity index (χ0v) is 26.5. The maximum absolute atomic E-state index is 13.7. The summed E-state index contributed by atoms with van der Waals surface area (Å²) in [6.07, 6.45) is 0.452. The minimum absolute atomic E-state index is 0.0222. The zero-order valence-electron chi connectivity index (χ0n) is 26.5. The normalized spacial score (nSPS) is 16.5. The Morgan fingerprint density at radius 2 is 1.64 bits per heavy atom. The van der Waals surface area contributed by atoms with Gasteiger partial charge in [-0.2, -0.15) is 0 Å². The number of nitrogens with zero attached hydrogens (tertiary/aromatic N) is 3. The van der Waals surface area contributed by atoms with E-state index in [-0.39, 0.29) is 63.2 Å². The molecule has 1 aromatic heterocycles. The summed E-state index contributed by atoms with van der Waals surface area (Å²) < 4.78 is 16.4. The molecule has 1 atom stereocenters. The van der Waals surface area contributed by atoms with E-state index in [1.54, 1.807) is 26.8 Å². The molecule has 13 heteroatoms. The molecule has 244 valence electrons. The van der Waals surface area contributed by atoms with E-state index in [1.165, 1.54) is 15.9 Å². The quantitative estimate of drug-likeness (QED) is 0.353. The fraction of sp³-hybridized carbons (Fsp3) is 0.562. The van der Waals surface area contributed by atoms with E-state index < -0.39 is 41.5 Å². The van der Waals surface area contributed by atoms with Gasteiger partial charge in [-0.25, -0.2) is 14.6 Å². The van der Waals surface area contributed by atoms with Crippen molar-refractivity contribution in [1.82, 2.24) is 20.1 Å². The fourth-order valence-corrected chi connectivity index (χ4v) is 5.34. The van der Waals surface area contributed by atoms with E-state index in [4.69, 9.17) is 14.2 Å². The molecule has 1 aliphatic carbocycles. The molecule has 2 aromatic rings. The number of aromatic nitrogens is 1. The first-order valence-electron chi connectivity index (χ1n) is 15.4.